The molecular formula is C25H28N2OS2. The highest BCUT2D eigenvalue weighted by Crippen LogP contribution is 2.61. The van der Waals surface area contributed by atoms with Crippen LogP contribution in [0.25, 0.3) is 15.9 Å². The van der Waals surface area contributed by atoms with Crippen molar-refractivity contribution in [3.63, 3.8) is 0 Å². The smallest absolute Gasteiger partial charge is 0.267 e. The van der Waals surface area contributed by atoms with E-state index in [1.807, 2.05) is 46.7 Å². The predicted octanol–water partition coefficient (Wildman–Crippen LogP) is 6.37. The molecule has 3 aromatic rings. The maximum Gasteiger partial charge on any atom is 0.267 e. The molecule has 0 N–H and O–H groups in total. The molecule has 5 heteroatoms. The average Bonchev–Trinajstić information content (AvgIpc) is 3.00. The van der Waals surface area contributed by atoms with E-state index in [0.29, 0.717) is 5.41 Å². The molecule has 30 heavy (non-hydrogen) atoms. The van der Waals surface area contributed by atoms with E-state index in [9.17, 15) is 4.79 Å². The SMILES string of the molecule is Cc1sc2nc(SCC34CC5CC(CC(C5)C3)C4)n(-c3ccccc3)c(=O)c2c1C. The van der Waals surface area contributed by atoms with Crippen LogP contribution in [0.1, 0.15) is 49.0 Å². The van der Waals surface area contributed by atoms with Crippen molar-refractivity contribution in [1.29, 1.82) is 0 Å². The molecule has 4 aliphatic carbocycles. The van der Waals surface area contributed by atoms with Crippen LogP contribution in [0.4, 0.5) is 0 Å². The van der Waals surface area contributed by atoms with E-state index < -0.39 is 0 Å². The summed E-state index contributed by atoms with van der Waals surface area (Å²) < 4.78 is 1.87. The first-order chi connectivity index (χ1) is 14.5. The van der Waals surface area contributed by atoms with Gasteiger partial charge >= 0.3 is 0 Å². The molecule has 4 bridgehead atoms. The molecule has 3 nitrogen and oxygen atoms in total. The Balaban J connectivity index is 1.42. The van der Waals surface area contributed by atoms with E-state index in [1.54, 1.807) is 11.3 Å². The Morgan fingerprint density at radius 3 is 2.33 bits per heavy atom. The standard InChI is InChI=1S/C25H28N2OS2/c1-15-16(2)30-22-21(15)23(28)27(20-6-4-3-5-7-20)24(26-22)29-14-25-11-17-8-18(12-25)10-19(9-17)13-25/h3-7,17-19H,8-14H2,1-2H3. The summed E-state index contributed by atoms with van der Waals surface area (Å²) in [5.74, 6) is 3.95. The van der Waals surface area contributed by atoms with Crippen LogP contribution in [0.3, 0.4) is 0 Å². The molecule has 0 amide bonds. The number of fused-ring (bicyclic) bond motifs is 1. The van der Waals surface area contributed by atoms with Crippen molar-refractivity contribution in [3.8, 4) is 5.69 Å². The van der Waals surface area contributed by atoms with Crippen LogP contribution in [-0.4, -0.2) is 15.3 Å². The maximum atomic E-state index is 13.6. The van der Waals surface area contributed by atoms with Crippen LogP contribution >= 0.6 is 23.1 Å². The topological polar surface area (TPSA) is 34.9 Å². The molecule has 0 saturated heterocycles. The summed E-state index contributed by atoms with van der Waals surface area (Å²) in [6.45, 7) is 4.14. The van der Waals surface area contributed by atoms with Gasteiger partial charge in [-0.15, -0.1) is 11.3 Å². The minimum absolute atomic E-state index is 0.0843. The molecule has 7 rings (SSSR count). The Morgan fingerprint density at radius 2 is 1.70 bits per heavy atom. The fourth-order valence-corrected chi connectivity index (χ4v) is 9.20. The van der Waals surface area contributed by atoms with Gasteiger partial charge in [-0.2, -0.15) is 0 Å². The molecule has 156 valence electrons. The van der Waals surface area contributed by atoms with E-state index >= 15 is 0 Å². The fourth-order valence-electron chi connectivity index (χ4n) is 6.86. The van der Waals surface area contributed by atoms with E-state index in [-0.39, 0.29) is 5.56 Å². The van der Waals surface area contributed by atoms with Gasteiger partial charge in [-0.25, -0.2) is 4.98 Å². The van der Waals surface area contributed by atoms with Crippen LogP contribution in [0.15, 0.2) is 40.3 Å². The molecular weight excluding hydrogens is 408 g/mol. The second kappa shape index (κ2) is 6.96. The Hall–Kier alpha value is -1.59. The zero-order valence-electron chi connectivity index (χ0n) is 17.7. The van der Waals surface area contributed by atoms with Gasteiger partial charge in [-0.05, 0) is 93.2 Å². The first-order valence-corrected chi connectivity index (χ1v) is 13.0. The molecule has 0 unspecified atom stereocenters. The third kappa shape index (κ3) is 3.00. The summed E-state index contributed by atoms with van der Waals surface area (Å²) in [6.07, 6.45) is 8.58. The molecule has 0 spiro atoms. The Morgan fingerprint density at radius 1 is 1.07 bits per heavy atom. The van der Waals surface area contributed by atoms with Crippen LogP contribution in [0.5, 0.6) is 0 Å². The molecule has 2 heterocycles. The molecule has 4 aliphatic rings. The molecule has 0 aliphatic heterocycles. The number of benzene rings is 1. The highest BCUT2D eigenvalue weighted by molar-refractivity contribution is 7.99. The van der Waals surface area contributed by atoms with E-state index in [1.165, 1.54) is 43.4 Å². The number of para-hydroxylation sites is 1. The zero-order valence-corrected chi connectivity index (χ0v) is 19.3. The van der Waals surface area contributed by atoms with E-state index in [2.05, 4.69) is 13.8 Å². The zero-order chi connectivity index (χ0) is 20.5. The lowest BCUT2D eigenvalue weighted by atomic mass is 9.50. The summed E-state index contributed by atoms with van der Waals surface area (Å²) in [5.41, 5.74) is 2.55. The van der Waals surface area contributed by atoms with Crippen LogP contribution in [0.2, 0.25) is 0 Å². The number of nitrogens with zero attached hydrogens (tertiary/aromatic N) is 2. The predicted molar refractivity (Wildman–Crippen MR) is 126 cm³/mol. The van der Waals surface area contributed by atoms with E-state index in [0.717, 1.165) is 50.1 Å². The molecule has 2 aromatic heterocycles. The third-order valence-electron chi connectivity index (χ3n) is 7.86. The van der Waals surface area contributed by atoms with Crippen LogP contribution in [0, 0.1) is 37.0 Å². The van der Waals surface area contributed by atoms with Gasteiger partial charge in [0.15, 0.2) is 5.16 Å². The minimum atomic E-state index is 0.0843. The summed E-state index contributed by atoms with van der Waals surface area (Å²) in [6, 6.07) is 10.1. The van der Waals surface area contributed by atoms with Crippen molar-refractivity contribution in [2.75, 3.05) is 5.75 Å². The van der Waals surface area contributed by atoms with Gasteiger partial charge < -0.3 is 0 Å². The van der Waals surface area contributed by atoms with Crippen molar-refractivity contribution < 1.29 is 0 Å². The first kappa shape index (κ1) is 19.1. The third-order valence-corrected chi connectivity index (χ3v) is 10.2. The molecule has 4 fully saturated rings. The summed E-state index contributed by atoms with van der Waals surface area (Å²) in [4.78, 5) is 20.8. The van der Waals surface area contributed by atoms with Crippen LogP contribution in [-0.2, 0) is 0 Å². The Bertz CT molecular complexity index is 1140. The molecule has 0 atom stereocenters. The number of rotatable bonds is 4. The number of hydrogen-bond acceptors (Lipinski definition) is 4. The highest BCUT2D eigenvalue weighted by Gasteiger charge is 2.50. The van der Waals surface area contributed by atoms with Gasteiger partial charge in [0.2, 0.25) is 0 Å². The average molecular weight is 437 g/mol. The van der Waals surface area contributed by atoms with E-state index in [4.69, 9.17) is 4.98 Å². The van der Waals surface area contributed by atoms with Gasteiger partial charge in [-0.1, -0.05) is 30.0 Å². The largest absolute Gasteiger partial charge is 0.268 e. The van der Waals surface area contributed by atoms with Crippen LogP contribution < -0.4 is 5.56 Å². The van der Waals surface area contributed by atoms with Crippen molar-refractivity contribution >= 4 is 33.3 Å². The fraction of sp³-hybridized carbons (Fsp3) is 0.520. The quantitative estimate of drug-likeness (QED) is 0.352. The van der Waals surface area contributed by atoms with Gasteiger partial charge in [0.05, 0.1) is 11.1 Å². The number of thioether (sulfide) groups is 1. The lowest BCUT2D eigenvalue weighted by Gasteiger charge is -2.56. The van der Waals surface area contributed by atoms with Gasteiger partial charge in [-0.3, -0.25) is 9.36 Å². The van der Waals surface area contributed by atoms with Crippen molar-refractivity contribution in [3.05, 3.63) is 51.1 Å². The first-order valence-electron chi connectivity index (χ1n) is 11.2. The number of thiophene rings is 1. The second-order valence-electron chi connectivity index (χ2n) is 10.0. The second-order valence-corrected chi connectivity index (χ2v) is 12.2. The Kier molecular flexibility index (Phi) is 4.44. The lowest BCUT2D eigenvalue weighted by molar-refractivity contribution is -0.0381. The summed E-state index contributed by atoms with van der Waals surface area (Å²) in [7, 11) is 0. The van der Waals surface area contributed by atoms with Gasteiger partial charge in [0.1, 0.15) is 4.83 Å². The Labute approximate surface area is 185 Å². The highest BCUT2D eigenvalue weighted by atomic mass is 32.2. The van der Waals surface area contributed by atoms with Gasteiger partial charge in [0, 0.05) is 10.6 Å². The minimum Gasteiger partial charge on any atom is -0.268 e. The summed E-state index contributed by atoms with van der Waals surface area (Å²) >= 11 is 3.49. The monoisotopic (exact) mass is 436 g/mol. The molecule has 1 aromatic carbocycles. The number of aromatic nitrogens is 2. The number of aryl methyl sites for hydroxylation is 2. The number of hydrogen-bond donors (Lipinski definition) is 0. The maximum absolute atomic E-state index is 13.6. The van der Waals surface area contributed by atoms with Crippen molar-refractivity contribution in [1.82, 2.24) is 9.55 Å². The van der Waals surface area contributed by atoms with Gasteiger partial charge in [0.25, 0.3) is 5.56 Å². The normalized spacial score (nSPS) is 29.7. The summed E-state index contributed by atoms with van der Waals surface area (Å²) in [5, 5.41) is 1.66. The van der Waals surface area contributed by atoms with Crippen molar-refractivity contribution in [2.24, 2.45) is 23.2 Å². The molecule has 0 radical (unpaired) electrons. The molecule has 4 saturated carbocycles. The lowest BCUT2D eigenvalue weighted by Crippen LogP contribution is -2.47. The van der Waals surface area contributed by atoms with Crippen molar-refractivity contribution in [2.45, 2.75) is 57.5 Å².